The molecule has 10 nitrogen and oxygen atoms in total. The first-order valence-corrected chi connectivity index (χ1v) is 9.99. The lowest BCUT2D eigenvalue weighted by Crippen LogP contribution is -2.58. The monoisotopic (exact) mass is 455 g/mol. The van der Waals surface area contributed by atoms with Gasteiger partial charge in [-0.25, -0.2) is 14.3 Å². The van der Waals surface area contributed by atoms with Crippen LogP contribution in [0.15, 0.2) is 35.1 Å². The molecule has 1 aliphatic heterocycles. The lowest BCUT2D eigenvalue weighted by Gasteiger charge is -2.32. The number of urea groups is 1. The van der Waals surface area contributed by atoms with Crippen molar-refractivity contribution in [1.82, 2.24) is 35.6 Å². The number of carbonyl (C=O) groups excluding carboxylic acids is 2. The van der Waals surface area contributed by atoms with E-state index >= 15 is 0 Å². The molecule has 174 valence electrons. The van der Waals surface area contributed by atoms with E-state index in [1.807, 2.05) is 30.3 Å². The average Bonchev–Trinajstić information content (AvgIpc) is 3.17. The molecule has 32 heavy (non-hydrogen) atoms. The number of benzene rings is 1. The normalized spacial score (nSPS) is 15.9. The van der Waals surface area contributed by atoms with E-state index in [9.17, 15) is 27.6 Å². The third-order valence-corrected chi connectivity index (χ3v) is 5.07. The fourth-order valence-corrected chi connectivity index (χ4v) is 3.40. The number of aromatic nitrogens is 3. The van der Waals surface area contributed by atoms with Crippen molar-refractivity contribution in [3.63, 3.8) is 0 Å². The molecule has 1 fully saturated rings. The van der Waals surface area contributed by atoms with Crippen LogP contribution < -0.4 is 21.6 Å². The predicted octanol–water partition coefficient (Wildman–Crippen LogP) is 0.809. The van der Waals surface area contributed by atoms with Gasteiger partial charge in [0.15, 0.2) is 12.0 Å². The Labute approximate surface area is 181 Å². The zero-order chi connectivity index (χ0) is 23.3. The Kier molecular flexibility index (Phi) is 7.18. The van der Waals surface area contributed by atoms with Crippen LogP contribution in [0.4, 0.5) is 18.0 Å². The number of amides is 3. The van der Waals surface area contributed by atoms with Crippen LogP contribution in [-0.4, -0.2) is 70.6 Å². The van der Waals surface area contributed by atoms with Gasteiger partial charge in [0.05, 0.1) is 6.04 Å². The van der Waals surface area contributed by atoms with E-state index in [1.54, 1.807) is 5.32 Å². The van der Waals surface area contributed by atoms with E-state index < -0.39 is 30.8 Å². The molecule has 1 saturated heterocycles. The van der Waals surface area contributed by atoms with Crippen LogP contribution in [0.1, 0.15) is 18.9 Å². The molecule has 4 N–H and O–H groups in total. The highest BCUT2D eigenvalue weighted by atomic mass is 19.4. The Morgan fingerprint density at radius 3 is 2.47 bits per heavy atom. The first-order valence-electron chi connectivity index (χ1n) is 9.99. The molecule has 0 spiro atoms. The third kappa shape index (κ3) is 5.87. The number of H-pyrrole nitrogens is 1. The number of hydrogen-bond donors (Lipinski definition) is 4. The molecule has 0 unspecified atom stereocenters. The summed E-state index contributed by atoms with van der Waals surface area (Å²) in [6, 6.07) is 8.39. The number of likely N-dealkylation sites (tertiary alicyclic amines) is 1. The highest BCUT2D eigenvalue weighted by molar-refractivity contribution is 5.86. The second-order valence-electron chi connectivity index (χ2n) is 7.31. The van der Waals surface area contributed by atoms with Gasteiger partial charge in [-0.3, -0.25) is 15.1 Å². The van der Waals surface area contributed by atoms with Crippen LogP contribution in [0.2, 0.25) is 0 Å². The van der Waals surface area contributed by atoms with Gasteiger partial charge in [0.1, 0.15) is 6.54 Å². The van der Waals surface area contributed by atoms with Crippen molar-refractivity contribution in [3.05, 3.63) is 40.8 Å². The molecule has 3 amide bonds. The Morgan fingerprint density at radius 2 is 1.88 bits per heavy atom. The van der Waals surface area contributed by atoms with Gasteiger partial charge >= 0.3 is 17.9 Å². The summed E-state index contributed by atoms with van der Waals surface area (Å²) in [5, 5.41) is 10.9. The van der Waals surface area contributed by atoms with Crippen molar-refractivity contribution in [3.8, 4) is 11.4 Å². The Balaban J connectivity index is 1.55. The van der Waals surface area contributed by atoms with Gasteiger partial charge in [0.2, 0.25) is 0 Å². The minimum absolute atomic E-state index is 0.213. The molecule has 0 radical (unpaired) electrons. The van der Waals surface area contributed by atoms with Gasteiger partial charge in [-0.1, -0.05) is 30.3 Å². The maximum atomic E-state index is 12.5. The standard InChI is InChI=1S/C19H24F3N7O3/c1-23-15(16(30)24-11-19(20,21)22)26-17(31)28-9-7-13(8-10-28)29-18(32)25-14(27-29)12-5-3-2-4-6-12/h2-6,13,15,23H,7-11H2,1H3,(H,24,30)(H,26,31)(H,25,27,32)/t15-/m0/s1. The Hall–Kier alpha value is -3.35. The van der Waals surface area contributed by atoms with Gasteiger partial charge in [0, 0.05) is 18.7 Å². The van der Waals surface area contributed by atoms with Gasteiger partial charge in [-0.2, -0.15) is 13.2 Å². The van der Waals surface area contributed by atoms with Crippen molar-refractivity contribution in [2.75, 3.05) is 26.7 Å². The average molecular weight is 455 g/mol. The first kappa shape index (κ1) is 23.3. The van der Waals surface area contributed by atoms with E-state index in [4.69, 9.17) is 0 Å². The SMILES string of the molecule is CN[C@@H](NC(=O)N1CCC(n2nc(-c3ccccc3)[nH]c2=O)CC1)C(=O)NCC(F)(F)F. The van der Waals surface area contributed by atoms with Crippen LogP contribution in [-0.2, 0) is 4.79 Å². The fraction of sp³-hybridized carbons (Fsp3) is 0.474. The number of likely N-dealkylation sites (N-methyl/N-ethyl adjacent to an activating group) is 1. The number of halogens is 3. The van der Waals surface area contributed by atoms with E-state index in [2.05, 4.69) is 20.7 Å². The highest BCUT2D eigenvalue weighted by Gasteiger charge is 2.31. The van der Waals surface area contributed by atoms with E-state index in [0.29, 0.717) is 18.7 Å². The van der Waals surface area contributed by atoms with Crippen LogP contribution in [0, 0.1) is 0 Å². The molecule has 0 saturated carbocycles. The van der Waals surface area contributed by atoms with E-state index in [0.717, 1.165) is 5.56 Å². The minimum atomic E-state index is -4.55. The third-order valence-electron chi connectivity index (χ3n) is 5.07. The van der Waals surface area contributed by atoms with E-state index in [1.165, 1.54) is 16.6 Å². The molecule has 1 aliphatic rings. The lowest BCUT2D eigenvalue weighted by molar-refractivity contribution is -0.139. The zero-order valence-corrected chi connectivity index (χ0v) is 17.3. The number of piperidine rings is 1. The summed E-state index contributed by atoms with van der Waals surface area (Å²) in [6.45, 7) is -0.914. The largest absolute Gasteiger partial charge is 0.405 e. The van der Waals surface area contributed by atoms with Crippen molar-refractivity contribution in [2.24, 2.45) is 0 Å². The summed E-state index contributed by atoms with van der Waals surface area (Å²) >= 11 is 0. The van der Waals surface area contributed by atoms with Crippen LogP contribution in [0.25, 0.3) is 11.4 Å². The molecule has 3 rings (SSSR count). The summed E-state index contributed by atoms with van der Waals surface area (Å²) in [6.07, 6.45) is -4.96. The molecule has 1 aromatic heterocycles. The smallest absolute Gasteiger partial charge is 0.344 e. The fourth-order valence-electron chi connectivity index (χ4n) is 3.40. The predicted molar refractivity (Wildman–Crippen MR) is 109 cm³/mol. The Morgan fingerprint density at radius 1 is 1.22 bits per heavy atom. The van der Waals surface area contributed by atoms with Gasteiger partial charge in [0.25, 0.3) is 5.91 Å². The number of aromatic amines is 1. The van der Waals surface area contributed by atoms with Gasteiger partial charge in [-0.05, 0) is 19.9 Å². The molecule has 2 aromatic rings. The van der Waals surface area contributed by atoms with E-state index in [-0.39, 0.29) is 24.8 Å². The van der Waals surface area contributed by atoms with Gasteiger partial charge < -0.3 is 15.5 Å². The summed E-state index contributed by atoms with van der Waals surface area (Å²) in [4.78, 5) is 40.8. The number of hydrogen-bond acceptors (Lipinski definition) is 5. The van der Waals surface area contributed by atoms with Crippen molar-refractivity contribution >= 4 is 11.9 Å². The topological polar surface area (TPSA) is 124 Å². The second kappa shape index (κ2) is 9.85. The maximum absolute atomic E-state index is 12.5. The van der Waals surface area contributed by atoms with Crippen molar-refractivity contribution in [1.29, 1.82) is 0 Å². The number of rotatable bonds is 6. The molecular formula is C19H24F3N7O3. The number of carbonyl (C=O) groups is 2. The van der Waals surface area contributed by atoms with Gasteiger partial charge in [-0.15, -0.1) is 5.10 Å². The summed E-state index contributed by atoms with van der Waals surface area (Å²) in [5.74, 6) is -0.540. The van der Waals surface area contributed by atoms with Crippen LogP contribution >= 0.6 is 0 Å². The Bertz CT molecular complexity index is 982. The number of alkyl halides is 3. The first-order chi connectivity index (χ1) is 15.2. The minimum Gasteiger partial charge on any atom is -0.344 e. The van der Waals surface area contributed by atoms with Crippen molar-refractivity contribution < 1.29 is 22.8 Å². The lowest BCUT2D eigenvalue weighted by atomic mass is 10.1. The number of nitrogens with one attached hydrogen (secondary N) is 4. The van der Waals surface area contributed by atoms with Crippen LogP contribution in [0.5, 0.6) is 0 Å². The molecule has 13 heteroatoms. The molecule has 1 aromatic carbocycles. The summed E-state index contributed by atoms with van der Waals surface area (Å²) < 4.78 is 38.2. The summed E-state index contributed by atoms with van der Waals surface area (Å²) in [7, 11) is 1.35. The maximum Gasteiger partial charge on any atom is 0.405 e. The zero-order valence-electron chi connectivity index (χ0n) is 17.3. The molecule has 2 heterocycles. The number of nitrogens with zero attached hydrogens (tertiary/aromatic N) is 3. The molecule has 0 bridgehead atoms. The quantitative estimate of drug-likeness (QED) is 0.480. The molecular weight excluding hydrogens is 431 g/mol. The summed E-state index contributed by atoms with van der Waals surface area (Å²) in [5.41, 5.74) is 0.436. The molecule has 1 atom stereocenters. The van der Waals surface area contributed by atoms with Crippen molar-refractivity contribution in [2.45, 2.75) is 31.2 Å². The highest BCUT2D eigenvalue weighted by Crippen LogP contribution is 2.22. The molecule has 0 aliphatic carbocycles. The van der Waals surface area contributed by atoms with Crippen LogP contribution in [0.3, 0.4) is 0 Å². The second-order valence-corrected chi connectivity index (χ2v) is 7.31.